The molecule has 4 aromatic rings. The summed E-state index contributed by atoms with van der Waals surface area (Å²) in [7, 11) is 1.89. The van der Waals surface area contributed by atoms with E-state index in [9.17, 15) is 14.3 Å². The maximum Gasteiger partial charge on any atom is 0.273 e. The molecule has 9 heteroatoms. The molecule has 29 heavy (non-hydrogen) atoms. The minimum absolute atomic E-state index is 0.0219. The van der Waals surface area contributed by atoms with Crippen molar-refractivity contribution in [1.82, 2.24) is 29.9 Å². The molecular formula is C20H19FN6O2. The van der Waals surface area contributed by atoms with Crippen LogP contribution in [0.15, 0.2) is 54.7 Å². The van der Waals surface area contributed by atoms with Crippen molar-refractivity contribution >= 4 is 16.9 Å². The zero-order valence-electron chi connectivity index (χ0n) is 15.7. The number of halogens is 1. The minimum Gasteiger partial charge on any atom is -0.386 e. The highest BCUT2D eigenvalue weighted by molar-refractivity contribution is 5.91. The second-order valence-electron chi connectivity index (χ2n) is 6.62. The van der Waals surface area contributed by atoms with E-state index in [4.69, 9.17) is 0 Å². The number of aromatic nitrogens is 5. The van der Waals surface area contributed by atoms with Crippen molar-refractivity contribution in [3.63, 3.8) is 0 Å². The first kappa shape index (κ1) is 18.8. The number of fused-ring (bicyclic) bond motifs is 1. The van der Waals surface area contributed by atoms with E-state index >= 15 is 0 Å². The number of aliphatic hydroxyl groups excluding tert-OH is 1. The quantitative estimate of drug-likeness (QED) is 0.521. The third-order valence-electron chi connectivity index (χ3n) is 4.68. The highest BCUT2D eigenvalue weighted by atomic mass is 19.1. The second-order valence-corrected chi connectivity index (χ2v) is 6.62. The van der Waals surface area contributed by atoms with Gasteiger partial charge < -0.3 is 15.0 Å². The summed E-state index contributed by atoms with van der Waals surface area (Å²) in [6.45, 7) is 0.209. The van der Waals surface area contributed by atoms with Crippen molar-refractivity contribution in [3.8, 4) is 0 Å². The molecule has 8 nitrogen and oxygen atoms in total. The average Bonchev–Trinajstić information content (AvgIpc) is 3.31. The van der Waals surface area contributed by atoms with E-state index in [-0.39, 0.29) is 24.3 Å². The number of hydrogen-bond donors (Lipinski definition) is 2. The molecule has 0 fully saturated rings. The number of rotatable bonds is 6. The monoisotopic (exact) mass is 394 g/mol. The fraction of sp³-hybridized carbons (Fsp3) is 0.200. The molecule has 1 amide bonds. The topological polar surface area (TPSA) is 97.9 Å². The second kappa shape index (κ2) is 7.80. The van der Waals surface area contributed by atoms with Gasteiger partial charge in [-0.25, -0.2) is 14.1 Å². The third-order valence-corrected chi connectivity index (χ3v) is 4.68. The Morgan fingerprint density at radius 3 is 2.76 bits per heavy atom. The lowest BCUT2D eigenvalue weighted by molar-refractivity contribution is 0.0944. The van der Waals surface area contributed by atoms with Gasteiger partial charge in [-0.2, -0.15) is 0 Å². The van der Waals surface area contributed by atoms with Crippen LogP contribution in [-0.2, 0) is 20.1 Å². The predicted molar refractivity (Wildman–Crippen MR) is 103 cm³/mol. The van der Waals surface area contributed by atoms with E-state index < -0.39 is 17.8 Å². The van der Waals surface area contributed by atoms with Crippen LogP contribution in [0, 0.1) is 5.82 Å². The van der Waals surface area contributed by atoms with Crippen molar-refractivity contribution in [2.75, 3.05) is 0 Å². The molecular weight excluding hydrogens is 375 g/mol. The van der Waals surface area contributed by atoms with E-state index in [1.54, 1.807) is 12.1 Å². The molecule has 0 aliphatic rings. The molecule has 2 aromatic heterocycles. The van der Waals surface area contributed by atoms with Crippen LogP contribution in [0.5, 0.6) is 0 Å². The highest BCUT2D eigenvalue weighted by Gasteiger charge is 2.17. The molecule has 0 aliphatic heterocycles. The molecule has 0 radical (unpaired) electrons. The van der Waals surface area contributed by atoms with Crippen molar-refractivity contribution in [2.24, 2.45) is 7.05 Å². The van der Waals surface area contributed by atoms with Crippen LogP contribution in [0.4, 0.5) is 4.39 Å². The van der Waals surface area contributed by atoms with Crippen molar-refractivity contribution in [3.05, 3.63) is 77.6 Å². The Morgan fingerprint density at radius 2 is 1.97 bits per heavy atom. The van der Waals surface area contributed by atoms with Gasteiger partial charge in [-0.3, -0.25) is 4.79 Å². The standard InChI is InChI=1S/C20H19FN6O2/c1-26-17-9-5-4-8-15(17)23-19(26)10-22-20(29)16-11-27(25-24-16)12-18(28)13-6-2-3-7-14(13)21/h2-9,11,18,28H,10,12H2,1H3,(H,22,29)/t18-/m1/s1. The molecule has 0 aliphatic carbocycles. The van der Waals surface area contributed by atoms with Crippen molar-refractivity contribution < 1.29 is 14.3 Å². The van der Waals surface area contributed by atoms with Crippen LogP contribution in [0.1, 0.15) is 28.0 Å². The Labute approximate surface area is 165 Å². The van der Waals surface area contributed by atoms with E-state index in [1.165, 1.54) is 23.0 Å². The number of imidazole rings is 1. The van der Waals surface area contributed by atoms with Gasteiger partial charge in [0, 0.05) is 12.6 Å². The summed E-state index contributed by atoms with van der Waals surface area (Å²) in [4.78, 5) is 16.9. The summed E-state index contributed by atoms with van der Waals surface area (Å²) in [6.07, 6.45) is 0.308. The number of hydrogen-bond acceptors (Lipinski definition) is 5. The van der Waals surface area contributed by atoms with Crippen molar-refractivity contribution in [1.29, 1.82) is 0 Å². The first-order valence-corrected chi connectivity index (χ1v) is 9.04. The summed E-state index contributed by atoms with van der Waals surface area (Å²) in [5.41, 5.74) is 2.09. The molecule has 2 N–H and O–H groups in total. The lowest BCUT2D eigenvalue weighted by Gasteiger charge is -2.11. The fourth-order valence-corrected chi connectivity index (χ4v) is 3.12. The molecule has 0 bridgehead atoms. The largest absolute Gasteiger partial charge is 0.386 e. The van der Waals surface area contributed by atoms with Gasteiger partial charge in [0.05, 0.1) is 30.3 Å². The summed E-state index contributed by atoms with van der Waals surface area (Å²) < 4.78 is 17.0. The summed E-state index contributed by atoms with van der Waals surface area (Å²) in [6, 6.07) is 13.7. The Bertz CT molecular complexity index is 1170. The minimum atomic E-state index is -1.10. The Kier molecular flexibility index (Phi) is 5.05. The number of carbonyl (C=O) groups excluding carboxylic acids is 1. The van der Waals surface area contributed by atoms with Gasteiger partial charge in [-0.1, -0.05) is 35.5 Å². The fourth-order valence-electron chi connectivity index (χ4n) is 3.12. The molecule has 0 saturated heterocycles. The smallest absolute Gasteiger partial charge is 0.273 e. The number of aliphatic hydroxyl groups is 1. The first-order valence-electron chi connectivity index (χ1n) is 9.04. The Morgan fingerprint density at radius 1 is 1.21 bits per heavy atom. The normalized spacial score (nSPS) is 12.2. The van der Waals surface area contributed by atoms with Gasteiger partial charge in [0.2, 0.25) is 0 Å². The number of carbonyl (C=O) groups is 1. The van der Waals surface area contributed by atoms with Crippen LogP contribution in [0.3, 0.4) is 0 Å². The number of nitrogens with one attached hydrogen (secondary N) is 1. The number of benzene rings is 2. The Hall–Kier alpha value is -3.59. The van der Waals surface area contributed by atoms with Crippen LogP contribution in [0.25, 0.3) is 11.0 Å². The van der Waals surface area contributed by atoms with Gasteiger partial charge in [0.15, 0.2) is 5.69 Å². The molecule has 1 atom stereocenters. The van der Waals surface area contributed by atoms with E-state index in [0.717, 1.165) is 11.0 Å². The SMILES string of the molecule is Cn1c(CNC(=O)c2cn(C[C@@H](O)c3ccccc3F)nn2)nc2ccccc21. The molecule has 0 unspecified atom stereocenters. The lowest BCUT2D eigenvalue weighted by atomic mass is 10.1. The average molecular weight is 394 g/mol. The van der Waals surface area contributed by atoms with Gasteiger partial charge in [-0.05, 0) is 18.2 Å². The van der Waals surface area contributed by atoms with E-state index in [1.807, 2.05) is 35.9 Å². The number of para-hydroxylation sites is 2. The number of nitrogens with zero attached hydrogens (tertiary/aromatic N) is 5. The van der Waals surface area contributed by atoms with Crippen LogP contribution < -0.4 is 5.32 Å². The van der Waals surface area contributed by atoms with Crippen LogP contribution in [0.2, 0.25) is 0 Å². The Balaban J connectivity index is 1.40. The summed E-state index contributed by atoms with van der Waals surface area (Å²) in [5.74, 6) is -0.203. The maximum absolute atomic E-state index is 13.8. The maximum atomic E-state index is 13.8. The first-order chi connectivity index (χ1) is 14.0. The van der Waals surface area contributed by atoms with Crippen LogP contribution in [-0.4, -0.2) is 35.6 Å². The molecule has 4 rings (SSSR count). The third kappa shape index (κ3) is 3.85. The molecule has 0 saturated carbocycles. The van der Waals surface area contributed by atoms with Crippen LogP contribution >= 0.6 is 0 Å². The molecule has 0 spiro atoms. The predicted octanol–water partition coefficient (Wildman–Crippen LogP) is 1.97. The van der Waals surface area contributed by atoms with Gasteiger partial charge in [0.1, 0.15) is 17.7 Å². The van der Waals surface area contributed by atoms with Gasteiger partial charge >= 0.3 is 0 Å². The molecule has 148 valence electrons. The number of aryl methyl sites for hydroxylation is 1. The van der Waals surface area contributed by atoms with E-state index in [2.05, 4.69) is 20.6 Å². The lowest BCUT2D eigenvalue weighted by Crippen LogP contribution is -2.24. The van der Waals surface area contributed by atoms with E-state index in [0.29, 0.717) is 5.82 Å². The summed E-state index contributed by atoms with van der Waals surface area (Å²) >= 11 is 0. The zero-order chi connectivity index (χ0) is 20.4. The van der Waals surface area contributed by atoms with Gasteiger partial charge in [0.25, 0.3) is 5.91 Å². The van der Waals surface area contributed by atoms with Gasteiger partial charge in [-0.15, -0.1) is 5.10 Å². The highest BCUT2D eigenvalue weighted by Crippen LogP contribution is 2.18. The van der Waals surface area contributed by atoms with Crippen molar-refractivity contribution in [2.45, 2.75) is 19.2 Å². The zero-order valence-corrected chi connectivity index (χ0v) is 15.7. The molecule has 2 aromatic carbocycles. The molecule has 2 heterocycles. The number of amides is 1. The summed E-state index contributed by atoms with van der Waals surface area (Å²) in [5, 5.41) is 20.7.